The molecule has 1 rings (SSSR count). The van der Waals surface area contributed by atoms with Crippen LogP contribution in [-0.4, -0.2) is 12.9 Å². The summed E-state index contributed by atoms with van der Waals surface area (Å²) in [4.78, 5) is 11.8. The van der Waals surface area contributed by atoms with Crippen LogP contribution in [-0.2, 0) is 0 Å². The molecule has 0 radical (unpaired) electrons. The highest BCUT2D eigenvalue weighted by Gasteiger charge is 2.10. The molecule has 15 heavy (non-hydrogen) atoms. The summed E-state index contributed by atoms with van der Waals surface area (Å²) in [6.45, 7) is 5.57. The zero-order chi connectivity index (χ0) is 11.3. The second-order valence-electron chi connectivity index (χ2n) is 3.45. The first-order valence-corrected chi connectivity index (χ1v) is 4.97. The summed E-state index contributed by atoms with van der Waals surface area (Å²) in [5.41, 5.74) is 1.75. The Morgan fingerprint density at radius 3 is 2.87 bits per heavy atom. The normalized spacial score (nSPS) is 9.73. The third kappa shape index (κ3) is 2.94. The van der Waals surface area contributed by atoms with E-state index in [-0.39, 0.29) is 5.78 Å². The van der Waals surface area contributed by atoms with Crippen LogP contribution in [0.5, 0.6) is 5.75 Å². The average molecular weight is 204 g/mol. The monoisotopic (exact) mass is 204 g/mol. The molecule has 0 saturated heterocycles. The second kappa shape index (κ2) is 5.35. The zero-order valence-corrected chi connectivity index (χ0v) is 9.25. The van der Waals surface area contributed by atoms with Gasteiger partial charge in [0.05, 0.1) is 12.7 Å². The highest BCUT2D eigenvalue weighted by Crippen LogP contribution is 2.21. The van der Waals surface area contributed by atoms with Crippen molar-refractivity contribution in [1.82, 2.24) is 0 Å². The maximum absolute atomic E-state index is 11.8. The standard InChI is InChI=1S/C13H16O2/c1-4-5-6-12(14)11-8-7-10(2)9-13(11)15-3/h4,7-9H,1,5-6H2,2-3H3. The van der Waals surface area contributed by atoms with Crippen molar-refractivity contribution in [3.05, 3.63) is 42.0 Å². The lowest BCUT2D eigenvalue weighted by Gasteiger charge is -2.07. The van der Waals surface area contributed by atoms with E-state index < -0.39 is 0 Å². The van der Waals surface area contributed by atoms with Crippen LogP contribution < -0.4 is 4.74 Å². The van der Waals surface area contributed by atoms with Crippen LogP contribution in [0.2, 0.25) is 0 Å². The molecule has 0 aliphatic heterocycles. The molecule has 0 aliphatic rings. The van der Waals surface area contributed by atoms with Crippen molar-refractivity contribution in [2.75, 3.05) is 7.11 Å². The van der Waals surface area contributed by atoms with Crippen LogP contribution in [0.1, 0.15) is 28.8 Å². The molecule has 1 aromatic carbocycles. The zero-order valence-electron chi connectivity index (χ0n) is 9.25. The van der Waals surface area contributed by atoms with Crippen molar-refractivity contribution in [3.8, 4) is 5.75 Å². The number of hydrogen-bond donors (Lipinski definition) is 0. The number of hydrogen-bond acceptors (Lipinski definition) is 2. The maximum Gasteiger partial charge on any atom is 0.166 e. The molecular weight excluding hydrogens is 188 g/mol. The van der Waals surface area contributed by atoms with E-state index >= 15 is 0 Å². The number of carbonyl (C=O) groups excluding carboxylic acids is 1. The molecule has 2 nitrogen and oxygen atoms in total. The van der Waals surface area contributed by atoms with E-state index in [9.17, 15) is 4.79 Å². The number of methoxy groups -OCH3 is 1. The predicted octanol–water partition coefficient (Wildman–Crippen LogP) is 3.15. The van der Waals surface area contributed by atoms with Gasteiger partial charge in [0.1, 0.15) is 5.75 Å². The Hall–Kier alpha value is -1.57. The maximum atomic E-state index is 11.8. The lowest BCUT2D eigenvalue weighted by Crippen LogP contribution is -2.01. The van der Waals surface area contributed by atoms with Crippen molar-refractivity contribution < 1.29 is 9.53 Å². The number of benzene rings is 1. The van der Waals surface area contributed by atoms with Gasteiger partial charge in [-0.25, -0.2) is 0 Å². The van der Waals surface area contributed by atoms with E-state index in [1.54, 1.807) is 13.2 Å². The molecule has 0 spiro atoms. The second-order valence-corrected chi connectivity index (χ2v) is 3.45. The fraction of sp³-hybridized carbons (Fsp3) is 0.308. The van der Waals surface area contributed by atoms with Crippen LogP contribution in [0.3, 0.4) is 0 Å². The van der Waals surface area contributed by atoms with Gasteiger partial charge in [-0.05, 0) is 31.0 Å². The Balaban J connectivity index is 2.92. The van der Waals surface area contributed by atoms with Crippen LogP contribution >= 0.6 is 0 Å². The van der Waals surface area contributed by atoms with Gasteiger partial charge in [-0.3, -0.25) is 4.79 Å². The van der Waals surface area contributed by atoms with Gasteiger partial charge in [0.15, 0.2) is 5.78 Å². The molecule has 80 valence electrons. The minimum absolute atomic E-state index is 0.103. The fourth-order valence-corrected chi connectivity index (χ4v) is 1.40. The molecule has 0 unspecified atom stereocenters. The van der Waals surface area contributed by atoms with Crippen molar-refractivity contribution in [1.29, 1.82) is 0 Å². The largest absolute Gasteiger partial charge is 0.496 e. The summed E-state index contributed by atoms with van der Waals surface area (Å²) >= 11 is 0. The van der Waals surface area contributed by atoms with Crippen LogP contribution in [0.4, 0.5) is 0 Å². The van der Waals surface area contributed by atoms with Crippen molar-refractivity contribution >= 4 is 5.78 Å². The van der Waals surface area contributed by atoms with Gasteiger partial charge in [-0.15, -0.1) is 6.58 Å². The van der Waals surface area contributed by atoms with Gasteiger partial charge in [0.2, 0.25) is 0 Å². The lowest BCUT2D eigenvalue weighted by atomic mass is 10.0. The molecule has 0 N–H and O–H groups in total. The van der Waals surface area contributed by atoms with E-state index in [2.05, 4.69) is 6.58 Å². The quantitative estimate of drug-likeness (QED) is 0.544. The summed E-state index contributed by atoms with van der Waals surface area (Å²) < 4.78 is 5.18. The summed E-state index contributed by atoms with van der Waals surface area (Å²) in [6.07, 6.45) is 2.94. The van der Waals surface area contributed by atoms with Crippen molar-refractivity contribution in [3.63, 3.8) is 0 Å². The molecule has 0 fully saturated rings. The van der Waals surface area contributed by atoms with Gasteiger partial charge < -0.3 is 4.74 Å². The minimum atomic E-state index is 0.103. The number of ether oxygens (including phenoxy) is 1. The summed E-state index contributed by atoms with van der Waals surface area (Å²) in [5.74, 6) is 0.760. The van der Waals surface area contributed by atoms with Gasteiger partial charge in [0.25, 0.3) is 0 Å². The van der Waals surface area contributed by atoms with Crippen molar-refractivity contribution in [2.24, 2.45) is 0 Å². The lowest BCUT2D eigenvalue weighted by molar-refractivity contribution is 0.0981. The first-order valence-electron chi connectivity index (χ1n) is 4.97. The van der Waals surface area contributed by atoms with E-state index in [4.69, 9.17) is 4.74 Å². The fourth-order valence-electron chi connectivity index (χ4n) is 1.40. The van der Waals surface area contributed by atoms with Crippen LogP contribution in [0.15, 0.2) is 30.9 Å². The molecule has 1 aromatic rings. The number of ketones is 1. The van der Waals surface area contributed by atoms with Gasteiger partial charge in [-0.2, -0.15) is 0 Å². The average Bonchev–Trinajstić information content (AvgIpc) is 2.25. The molecule has 0 atom stereocenters. The highest BCUT2D eigenvalue weighted by atomic mass is 16.5. The van der Waals surface area contributed by atoms with Crippen LogP contribution in [0.25, 0.3) is 0 Å². The topological polar surface area (TPSA) is 26.3 Å². The third-order valence-corrected chi connectivity index (χ3v) is 2.23. The van der Waals surface area contributed by atoms with Gasteiger partial charge >= 0.3 is 0 Å². The highest BCUT2D eigenvalue weighted by molar-refractivity contribution is 5.98. The molecule has 0 saturated carbocycles. The van der Waals surface area contributed by atoms with E-state index in [1.807, 2.05) is 25.1 Å². The number of Topliss-reactive ketones (excluding diaryl/α,β-unsaturated/α-hetero) is 1. The van der Waals surface area contributed by atoms with Crippen molar-refractivity contribution in [2.45, 2.75) is 19.8 Å². The Bertz CT molecular complexity index is 367. The third-order valence-electron chi connectivity index (χ3n) is 2.23. The molecule has 0 amide bonds. The molecule has 0 aromatic heterocycles. The number of aryl methyl sites for hydroxylation is 1. The molecular formula is C13H16O2. The number of allylic oxidation sites excluding steroid dienone is 1. The Kier molecular flexibility index (Phi) is 4.10. The van der Waals surface area contributed by atoms with Gasteiger partial charge in [-0.1, -0.05) is 12.1 Å². The van der Waals surface area contributed by atoms with E-state index in [0.717, 1.165) is 5.56 Å². The van der Waals surface area contributed by atoms with Gasteiger partial charge in [0, 0.05) is 6.42 Å². The molecule has 0 heterocycles. The summed E-state index contributed by atoms with van der Waals surface area (Å²) in [6, 6.07) is 5.62. The first-order chi connectivity index (χ1) is 7.19. The Morgan fingerprint density at radius 2 is 2.27 bits per heavy atom. The van der Waals surface area contributed by atoms with E-state index in [0.29, 0.717) is 24.2 Å². The summed E-state index contributed by atoms with van der Waals surface area (Å²) in [7, 11) is 1.58. The Morgan fingerprint density at radius 1 is 1.53 bits per heavy atom. The predicted molar refractivity (Wildman–Crippen MR) is 61.5 cm³/mol. The number of carbonyl (C=O) groups is 1. The van der Waals surface area contributed by atoms with Crippen LogP contribution in [0, 0.1) is 6.92 Å². The molecule has 0 aliphatic carbocycles. The SMILES string of the molecule is C=CCCC(=O)c1ccc(C)cc1OC. The minimum Gasteiger partial charge on any atom is -0.496 e. The summed E-state index contributed by atoms with van der Waals surface area (Å²) in [5, 5.41) is 0. The molecule has 2 heteroatoms. The molecule has 0 bridgehead atoms. The smallest absolute Gasteiger partial charge is 0.166 e. The Labute approximate surface area is 90.6 Å². The number of rotatable bonds is 5. The first kappa shape index (κ1) is 11.5. The van der Waals surface area contributed by atoms with E-state index in [1.165, 1.54) is 0 Å².